The van der Waals surface area contributed by atoms with Gasteiger partial charge in [0.25, 0.3) is 5.91 Å². The lowest BCUT2D eigenvalue weighted by atomic mass is 10.2. The molecule has 128 valence electrons. The van der Waals surface area contributed by atoms with Gasteiger partial charge in [-0.2, -0.15) is 4.57 Å². The van der Waals surface area contributed by atoms with Gasteiger partial charge in [-0.05, 0) is 30.3 Å². The summed E-state index contributed by atoms with van der Waals surface area (Å²) in [5.74, 6) is -2.20. The van der Waals surface area contributed by atoms with Gasteiger partial charge in [0, 0.05) is 0 Å². The lowest BCUT2D eigenvalue weighted by molar-refractivity contribution is 0.0949. The van der Waals surface area contributed by atoms with Crippen LogP contribution in [0.1, 0.15) is 10.4 Å². The Labute approximate surface area is 159 Å². The summed E-state index contributed by atoms with van der Waals surface area (Å²) in [4.78, 5) is 37.1. The number of nitrogens with zero attached hydrogens (tertiary/aromatic N) is 2. The first-order valence-electron chi connectivity index (χ1n) is 6.61. The van der Waals surface area contributed by atoms with Gasteiger partial charge in [-0.3, -0.25) is 4.79 Å². The van der Waals surface area contributed by atoms with Gasteiger partial charge in [0.1, 0.15) is 0 Å². The maximum Gasteiger partial charge on any atom is 0.450 e. The number of halogens is 4. The lowest BCUT2D eigenvalue weighted by Gasteiger charge is -2.04. The van der Waals surface area contributed by atoms with Crippen molar-refractivity contribution in [2.24, 2.45) is 0 Å². The highest BCUT2D eigenvalue weighted by molar-refractivity contribution is 6.42. The molecule has 0 aliphatic carbocycles. The molecule has 0 fully saturated rings. The highest BCUT2D eigenvalue weighted by Crippen LogP contribution is 2.25. The van der Waals surface area contributed by atoms with E-state index in [2.05, 4.69) is 0 Å². The van der Waals surface area contributed by atoms with E-state index >= 15 is 0 Å². The SMILES string of the molecule is O=C(c1c(Cl)cccc1Cl)n1c(=O)on(-c2ccc(Cl)c(Cl)c2)c1=O. The van der Waals surface area contributed by atoms with Crippen LogP contribution in [0.15, 0.2) is 50.5 Å². The molecular formula is C15H6Cl4N2O4. The molecule has 0 bridgehead atoms. The molecule has 6 nitrogen and oxygen atoms in total. The van der Waals surface area contributed by atoms with Crippen molar-refractivity contribution in [3.05, 3.63) is 83.1 Å². The molecule has 0 atom stereocenters. The zero-order chi connectivity index (χ0) is 18.3. The van der Waals surface area contributed by atoms with Crippen molar-refractivity contribution in [3.63, 3.8) is 0 Å². The molecule has 0 saturated heterocycles. The first-order valence-corrected chi connectivity index (χ1v) is 8.12. The first kappa shape index (κ1) is 17.8. The molecule has 0 aliphatic rings. The van der Waals surface area contributed by atoms with Crippen LogP contribution in [0.25, 0.3) is 5.69 Å². The summed E-state index contributed by atoms with van der Waals surface area (Å²) >= 11 is 23.6. The second kappa shape index (κ2) is 6.72. The average Bonchev–Trinajstić information content (AvgIpc) is 2.84. The number of carbonyl (C=O) groups excluding carboxylic acids is 1. The van der Waals surface area contributed by atoms with Crippen LogP contribution in [0.4, 0.5) is 0 Å². The van der Waals surface area contributed by atoms with Gasteiger partial charge < -0.3 is 4.52 Å². The van der Waals surface area contributed by atoms with E-state index in [9.17, 15) is 14.4 Å². The van der Waals surface area contributed by atoms with Gasteiger partial charge >= 0.3 is 11.4 Å². The molecule has 25 heavy (non-hydrogen) atoms. The van der Waals surface area contributed by atoms with Crippen molar-refractivity contribution < 1.29 is 9.32 Å². The fraction of sp³-hybridized carbons (Fsp3) is 0. The summed E-state index contributed by atoms with van der Waals surface area (Å²) in [6.45, 7) is 0. The molecule has 0 radical (unpaired) electrons. The normalized spacial score (nSPS) is 10.9. The fourth-order valence-electron chi connectivity index (χ4n) is 2.09. The molecule has 3 aromatic rings. The van der Waals surface area contributed by atoms with Crippen LogP contribution in [0.3, 0.4) is 0 Å². The maximum absolute atomic E-state index is 12.6. The van der Waals surface area contributed by atoms with E-state index in [1.807, 2.05) is 0 Å². The minimum atomic E-state index is -1.20. The van der Waals surface area contributed by atoms with Crippen molar-refractivity contribution in [3.8, 4) is 5.69 Å². The van der Waals surface area contributed by atoms with Crippen LogP contribution in [0, 0.1) is 0 Å². The Kier molecular flexibility index (Phi) is 4.79. The summed E-state index contributed by atoms with van der Waals surface area (Å²) in [5.41, 5.74) is -1.11. The average molecular weight is 420 g/mol. The van der Waals surface area contributed by atoms with Crippen LogP contribution in [0.2, 0.25) is 20.1 Å². The van der Waals surface area contributed by atoms with Crippen LogP contribution in [-0.2, 0) is 0 Å². The van der Waals surface area contributed by atoms with Crippen molar-refractivity contribution in [2.45, 2.75) is 0 Å². The quantitative estimate of drug-likeness (QED) is 0.631. The van der Waals surface area contributed by atoms with Crippen molar-refractivity contribution in [2.75, 3.05) is 0 Å². The predicted molar refractivity (Wildman–Crippen MR) is 94.8 cm³/mol. The van der Waals surface area contributed by atoms with Gasteiger partial charge in [-0.25, -0.2) is 9.59 Å². The Morgan fingerprint density at radius 1 is 0.880 bits per heavy atom. The highest BCUT2D eigenvalue weighted by Gasteiger charge is 2.24. The molecular weight excluding hydrogens is 414 g/mol. The standard InChI is InChI=1S/C15H6Cl4N2O4/c16-8-5-4-7(6-11(8)19)21-14(23)20(15(24)25-21)13(22)12-9(17)2-1-3-10(12)18/h1-6H. The second-order valence-corrected chi connectivity index (χ2v) is 6.40. The van der Waals surface area contributed by atoms with Gasteiger partial charge in [-0.15, -0.1) is 4.74 Å². The Bertz CT molecular complexity index is 1090. The van der Waals surface area contributed by atoms with Crippen molar-refractivity contribution in [1.82, 2.24) is 9.31 Å². The van der Waals surface area contributed by atoms with E-state index in [0.29, 0.717) is 4.74 Å². The van der Waals surface area contributed by atoms with Crippen LogP contribution >= 0.6 is 46.4 Å². The number of hydrogen-bond donors (Lipinski definition) is 0. The topological polar surface area (TPSA) is 74.2 Å². The van der Waals surface area contributed by atoms with E-state index in [1.165, 1.54) is 36.4 Å². The van der Waals surface area contributed by atoms with Crippen molar-refractivity contribution >= 4 is 52.3 Å². The zero-order valence-electron chi connectivity index (χ0n) is 12.0. The number of carbonyl (C=O) groups is 1. The molecule has 2 aromatic carbocycles. The van der Waals surface area contributed by atoms with Gasteiger partial charge in [0.15, 0.2) is 0 Å². The largest absolute Gasteiger partial charge is 0.450 e. The number of hydrogen-bond acceptors (Lipinski definition) is 4. The van der Waals surface area contributed by atoms with E-state index in [-0.39, 0.29) is 35.9 Å². The van der Waals surface area contributed by atoms with Gasteiger partial charge in [-0.1, -0.05) is 52.5 Å². The Balaban J connectivity index is 2.18. The van der Waals surface area contributed by atoms with E-state index < -0.39 is 17.4 Å². The lowest BCUT2D eigenvalue weighted by Crippen LogP contribution is -2.35. The molecule has 1 aromatic heterocycles. The minimum Gasteiger partial charge on any atom is -0.311 e. The van der Waals surface area contributed by atoms with Crippen LogP contribution in [0.5, 0.6) is 0 Å². The van der Waals surface area contributed by atoms with Gasteiger partial charge in [0.05, 0.1) is 31.3 Å². The minimum absolute atomic E-state index is 0.00825. The number of benzene rings is 2. The Hall–Kier alpha value is -1.99. The highest BCUT2D eigenvalue weighted by atomic mass is 35.5. The Morgan fingerprint density at radius 2 is 1.52 bits per heavy atom. The fourth-order valence-corrected chi connectivity index (χ4v) is 2.94. The molecule has 3 rings (SSSR count). The third kappa shape index (κ3) is 3.14. The van der Waals surface area contributed by atoms with Crippen molar-refractivity contribution in [1.29, 1.82) is 0 Å². The monoisotopic (exact) mass is 418 g/mol. The molecule has 10 heteroatoms. The zero-order valence-corrected chi connectivity index (χ0v) is 15.0. The maximum atomic E-state index is 12.6. The van der Waals surface area contributed by atoms with Crippen LogP contribution in [-0.4, -0.2) is 15.2 Å². The number of rotatable bonds is 2. The summed E-state index contributed by atoms with van der Waals surface area (Å²) in [7, 11) is 0. The summed E-state index contributed by atoms with van der Waals surface area (Å²) in [6, 6.07) is 8.46. The summed E-state index contributed by atoms with van der Waals surface area (Å²) in [5, 5.41) is 0.373. The third-order valence-corrected chi connectivity index (χ3v) is 4.60. The molecule has 0 amide bonds. The molecule has 0 spiro atoms. The van der Waals surface area contributed by atoms with E-state index in [1.54, 1.807) is 0 Å². The molecule has 1 heterocycles. The molecule has 0 N–H and O–H groups in total. The second-order valence-electron chi connectivity index (χ2n) is 4.77. The number of aromatic nitrogens is 2. The van der Waals surface area contributed by atoms with Crippen LogP contribution < -0.4 is 11.4 Å². The first-order chi connectivity index (χ1) is 11.8. The van der Waals surface area contributed by atoms with Gasteiger partial charge in [0.2, 0.25) is 0 Å². The molecule has 0 unspecified atom stereocenters. The predicted octanol–water partition coefficient (Wildman–Crippen LogP) is 3.89. The smallest absolute Gasteiger partial charge is 0.311 e. The van der Waals surface area contributed by atoms with E-state index in [4.69, 9.17) is 50.9 Å². The summed E-state index contributed by atoms with van der Waals surface area (Å²) < 4.78 is 5.76. The van der Waals surface area contributed by atoms with E-state index in [0.717, 1.165) is 0 Å². The summed E-state index contributed by atoms with van der Waals surface area (Å²) in [6.07, 6.45) is 0. The molecule has 0 aliphatic heterocycles. The Morgan fingerprint density at radius 3 is 2.12 bits per heavy atom. The third-order valence-electron chi connectivity index (χ3n) is 3.23. The molecule has 0 saturated carbocycles.